The number of imidazole rings is 1. The molecule has 140 valence electrons. The number of hydrazine groups is 1. The zero-order valence-electron chi connectivity index (χ0n) is 15.1. The molecule has 1 saturated heterocycles. The molecule has 0 spiro atoms. The number of benzene rings is 1. The number of aromatic nitrogens is 2. The first kappa shape index (κ1) is 18.3. The van der Waals surface area contributed by atoms with Crippen molar-refractivity contribution in [2.24, 2.45) is 0 Å². The molecule has 0 aliphatic carbocycles. The number of amides is 1. The SMILES string of the molecule is COC(=O)CCCNC(=O)C1CC(Cn2c(C)nc3ccccc32)NN1. The predicted octanol–water partition coefficient (Wildman–Crippen LogP) is 0.649. The minimum atomic E-state index is -0.284. The van der Waals surface area contributed by atoms with Crippen LogP contribution in [0.1, 0.15) is 25.1 Å². The molecule has 3 rings (SSSR count). The Morgan fingerprint density at radius 2 is 2.15 bits per heavy atom. The van der Waals surface area contributed by atoms with E-state index in [9.17, 15) is 9.59 Å². The molecule has 0 bridgehead atoms. The van der Waals surface area contributed by atoms with Crippen molar-refractivity contribution in [1.29, 1.82) is 0 Å². The second kappa shape index (κ2) is 8.29. The van der Waals surface area contributed by atoms with E-state index in [4.69, 9.17) is 0 Å². The number of rotatable bonds is 7. The number of fused-ring (bicyclic) bond motifs is 1. The Morgan fingerprint density at radius 3 is 2.96 bits per heavy atom. The first-order valence-corrected chi connectivity index (χ1v) is 8.86. The highest BCUT2D eigenvalue weighted by molar-refractivity contribution is 5.82. The summed E-state index contributed by atoms with van der Waals surface area (Å²) in [7, 11) is 1.36. The molecular weight excluding hydrogens is 334 g/mol. The lowest BCUT2D eigenvalue weighted by atomic mass is 10.1. The monoisotopic (exact) mass is 359 g/mol. The molecule has 8 heteroatoms. The van der Waals surface area contributed by atoms with Crippen LogP contribution in [0, 0.1) is 6.92 Å². The van der Waals surface area contributed by atoms with Gasteiger partial charge < -0.3 is 14.6 Å². The lowest BCUT2D eigenvalue weighted by Crippen LogP contribution is -2.43. The van der Waals surface area contributed by atoms with E-state index in [0.717, 1.165) is 23.4 Å². The molecule has 2 heterocycles. The lowest BCUT2D eigenvalue weighted by Gasteiger charge is -2.13. The average Bonchev–Trinajstić information content (AvgIpc) is 3.24. The molecule has 1 aliphatic heterocycles. The maximum Gasteiger partial charge on any atom is 0.305 e. The number of para-hydroxylation sites is 2. The second-order valence-electron chi connectivity index (χ2n) is 6.50. The van der Waals surface area contributed by atoms with Crippen LogP contribution in [0.4, 0.5) is 0 Å². The maximum atomic E-state index is 12.2. The number of esters is 1. The van der Waals surface area contributed by atoms with Crippen LogP contribution in [-0.4, -0.2) is 47.2 Å². The Labute approximate surface area is 152 Å². The van der Waals surface area contributed by atoms with E-state index in [1.807, 2.05) is 25.1 Å². The van der Waals surface area contributed by atoms with Crippen molar-refractivity contribution in [1.82, 2.24) is 25.7 Å². The van der Waals surface area contributed by atoms with Crippen LogP contribution in [-0.2, 0) is 20.9 Å². The van der Waals surface area contributed by atoms with Gasteiger partial charge in [0, 0.05) is 25.6 Å². The van der Waals surface area contributed by atoms with Gasteiger partial charge in [0.2, 0.25) is 5.91 Å². The van der Waals surface area contributed by atoms with Crippen LogP contribution in [0.2, 0.25) is 0 Å². The Balaban J connectivity index is 1.50. The number of aryl methyl sites for hydroxylation is 1. The summed E-state index contributed by atoms with van der Waals surface area (Å²) < 4.78 is 6.75. The Kier molecular flexibility index (Phi) is 5.85. The number of nitrogens with zero attached hydrogens (tertiary/aromatic N) is 2. The molecule has 1 aliphatic rings. The lowest BCUT2D eigenvalue weighted by molar-refractivity contribution is -0.140. The summed E-state index contributed by atoms with van der Waals surface area (Å²) in [5, 5.41) is 2.86. The van der Waals surface area contributed by atoms with Gasteiger partial charge in [0.15, 0.2) is 0 Å². The molecule has 1 aromatic heterocycles. The van der Waals surface area contributed by atoms with Crippen LogP contribution in [0.5, 0.6) is 0 Å². The first-order valence-electron chi connectivity index (χ1n) is 8.86. The summed E-state index contributed by atoms with van der Waals surface area (Å²) in [6, 6.07) is 7.90. The largest absolute Gasteiger partial charge is 0.469 e. The van der Waals surface area contributed by atoms with Gasteiger partial charge in [-0.05, 0) is 31.9 Å². The van der Waals surface area contributed by atoms with Crippen LogP contribution in [0.3, 0.4) is 0 Å². The van der Waals surface area contributed by atoms with Crippen molar-refractivity contribution in [2.75, 3.05) is 13.7 Å². The van der Waals surface area contributed by atoms with Gasteiger partial charge in [-0.2, -0.15) is 0 Å². The number of hydrogen-bond acceptors (Lipinski definition) is 6. The third-order valence-corrected chi connectivity index (χ3v) is 4.63. The Bertz CT molecular complexity index is 788. The summed E-state index contributed by atoms with van der Waals surface area (Å²) in [6.45, 7) is 3.20. The Morgan fingerprint density at radius 1 is 1.35 bits per heavy atom. The van der Waals surface area contributed by atoms with Gasteiger partial charge in [-0.25, -0.2) is 10.4 Å². The van der Waals surface area contributed by atoms with E-state index in [2.05, 4.69) is 36.5 Å². The van der Waals surface area contributed by atoms with Gasteiger partial charge in [-0.15, -0.1) is 0 Å². The molecular formula is C18H25N5O3. The number of carbonyl (C=O) groups excluding carboxylic acids is 2. The predicted molar refractivity (Wildman–Crippen MR) is 97.2 cm³/mol. The molecule has 0 saturated carbocycles. The van der Waals surface area contributed by atoms with Crippen LogP contribution >= 0.6 is 0 Å². The minimum absolute atomic E-state index is 0.0583. The van der Waals surface area contributed by atoms with Crippen LogP contribution in [0.25, 0.3) is 11.0 Å². The van der Waals surface area contributed by atoms with E-state index in [1.54, 1.807) is 0 Å². The fraction of sp³-hybridized carbons (Fsp3) is 0.500. The zero-order chi connectivity index (χ0) is 18.5. The molecule has 0 radical (unpaired) electrons. The fourth-order valence-electron chi connectivity index (χ4n) is 3.23. The summed E-state index contributed by atoms with van der Waals surface area (Å²) in [5.74, 6) is 0.642. The van der Waals surface area contributed by atoms with Gasteiger partial charge >= 0.3 is 5.97 Å². The van der Waals surface area contributed by atoms with Crippen molar-refractivity contribution in [3.63, 3.8) is 0 Å². The van der Waals surface area contributed by atoms with E-state index in [0.29, 0.717) is 25.8 Å². The topological polar surface area (TPSA) is 97.3 Å². The van der Waals surface area contributed by atoms with Crippen LogP contribution < -0.4 is 16.2 Å². The van der Waals surface area contributed by atoms with E-state index in [1.165, 1.54) is 7.11 Å². The van der Waals surface area contributed by atoms with Gasteiger partial charge in [-0.1, -0.05) is 12.1 Å². The highest BCUT2D eigenvalue weighted by Gasteiger charge is 2.29. The molecule has 1 fully saturated rings. The number of carbonyl (C=O) groups is 2. The van der Waals surface area contributed by atoms with E-state index >= 15 is 0 Å². The molecule has 1 amide bonds. The normalized spacial score (nSPS) is 19.6. The van der Waals surface area contributed by atoms with Gasteiger partial charge in [-0.3, -0.25) is 15.0 Å². The summed E-state index contributed by atoms with van der Waals surface area (Å²) in [5.41, 5.74) is 8.34. The highest BCUT2D eigenvalue weighted by Crippen LogP contribution is 2.18. The van der Waals surface area contributed by atoms with E-state index in [-0.39, 0.29) is 24.0 Å². The molecule has 2 atom stereocenters. The summed E-state index contributed by atoms with van der Waals surface area (Å²) >= 11 is 0. The number of methoxy groups -OCH3 is 1. The van der Waals surface area contributed by atoms with Crippen LogP contribution in [0.15, 0.2) is 24.3 Å². The zero-order valence-corrected chi connectivity index (χ0v) is 15.1. The van der Waals surface area contributed by atoms with Crippen molar-refractivity contribution >= 4 is 22.9 Å². The van der Waals surface area contributed by atoms with Crippen molar-refractivity contribution in [2.45, 2.75) is 44.8 Å². The summed E-state index contributed by atoms with van der Waals surface area (Å²) in [4.78, 5) is 27.9. The molecule has 2 aromatic rings. The molecule has 26 heavy (non-hydrogen) atoms. The van der Waals surface area contributed by atoms with Crippen molar-refractivity contribution < 1.29 is 14.3 Å². The minimum Gasteiger partial charge on any atom is -0.469 e. The standard InChI is InChI=1S/C18H25N5O3/c1-12-20-14-6-3-4-7-16(14)23(12)11-13-10-15(22-21-13)18(25)19-9-5-8-17(24)26-2/h3-4,6-7,13,15,21-22H,5,8-11H2,1-2H3,(H,19,25). The maximum absolute atomic E-state index is 12.2. The first-order chi connectivity index (χ1) is 12.6. The quantitative estimate of drug-likeness (QED) is 0.496. The van der Waals surface area contributed by atoms with Crippen molar-refractivity contribution in [3.8, 4) is 0 Å². The fourth-order valence-corrected chi connectivity index (χ4v) is 3.23. The number of nitrogens with one attached hydrogen (secondary N) is 3. The van der Waals surface area contributed by atoms with E-state index < -0.39 is 0 Å². The number of ether oxygens (including phenoxy) is 1. The number of hydrogen-bond donors (Lipinski definition) is 3. The van der Waals surface area contributed by atoms with Gasteiger partial charge in [0.1, 0.15) is 11.9 Å². The average molecular weight is 359 g/mol. The smallest absolute Gasteiger partial charge is 0.305 e. The summed E-state index contributed by atoms with van der Waals surface area (Å²) in [6.07, 6.45) is 1.57. The molecule has 2 unspecified atom stereocenters. The highest BCUT2D eigenvalue weighted by atomic mass is 16.5. The molecule has 3 N–H and O–H groups in total. The van der Waals surface area contributed by atoms with Crippen molar-refractivity contribution in [3.05, 3.63) is 30.1 Å². The van der Waals surface area contributed by atoms with Gasteiger partial charge in [0.25, 0.3) is 0 Å². The third kappa shape index (κ3) is 4.20. The molecule has 1 aromatic carbocycles. The Hall–Kier alpha value is -2.45. The molecule has 8 nitrogen and oxygen atoms in total. The second-order valence-corrected chi connectivity index (χ2v) is 6.50. The third-order valence-electron chi connectivity index (χ3n) is 4.63. The van der Waals surface area contributed by atoms with Gasteiger partial charge in [0.05, 0.1) is 18.1 Å².